The van der Waals surface area contributed by atoms with E-state index in [-0.39, 0.29) is 21.7 Å². The number of oxazole rings is 1. The molecule has 0 atom stereocenters. The van der Waals surface area contributed by atoms with Crippen molar-refractivity contribution in [2.45, 2.75) is 16.8 Å². The lowest BCUT2D eigenvalue weighted by Gasteiger charge is -2.06. The lowest BCUT2D eigenvalue weighted by atomic mass is 10.1. The van der Waals surface area contributed by atoms with E-state index in [0.29, 0.717) is 11.3 Å². The summed E-state index contributed by atoms with van der Waals surface area (Å²) in [6, 6.07) is 23.2. The van der Waals surface area contributed by atoms with Crippen molar-refractivity contribution in [1.82, 2.24) is 4.98 Å². The van der Waals surface area contributed by atoms with E-state index in [2.05, 4.69) is 26.2 Å². The van der Waals surface area contributed by atoms with Crippen molar-refractivity contribution in [2.75, 3.05) is 5.32 Å². The number of para-hydroxylation sites is 1. The molecule has 0 spiro atoms. The van der Waals surface area contributed by atoms with E-state index in [1.165, 1.54) is 12.1 Å². The summed E-state index contributed by atoms with van der Waals surface area (Å²) in [5.41, 5.74) is 2.43. The number of benzene rings is 3. The number of aryl methyl sites for hydroxylation is 1. The fourth-order valence-electron chi connectivity index (χ4n) is 2.85. The number of anilines is 2. The van der Waals surface area contributed by atoms with Crippen molar-refractivity contribution < 1.29 is 12.8 Å². The molecule has 0 bridgehead atoms. The zero-order valence-electron chi connectivity index (χ0n) is 15.5. The third-order valence-electron chi connectivity index (χ3n) is 4.27. The van der Waals surface area contributed by atoms with E-state index >= 15 is 0 Å². The van der Waals surface area contributed by atoms with Gasteiger partial charge in [-0.1, -0.05) is 51.8 Å². The molecule has 7 heteroatoms. The molecule has 0 aliphatic rings. The number of hydrogen-bond donors (Lipinski definition) is 1. The van der Waals surface area contributed by atoms with Gasteiger partial charge in [0.15, 0.2) is 0 Å². The molecule has 3 aromatic carbocycles. The summed E-state index contributed by atoms with van der Waals surface area (Å²) in [5, 5.41) is 2.89. The molecule has 4 aromatic rings. The van der Waals surface area contributed by atoms with Crippen LogP contribution in [0, 0.1) is 6.92 Å². The lowest BCUT2D eigenvalue weighted by molar-refractivity contribution is 0.582. The van der Waals surface area contributed by atoms with E-state index in [9.17, 15) is 8.42 Å². The first-order chi connectivity index (χ1) is 13.9. The monoisotopic (exact) mass is 468 g/mol. The smallest absolute Gasteiger partial charge is 0.238 e. The van der Waals surface area contributed by atoms with Crippen molar-refractivity contribution in [3.8, 4) is 11.5 Å². The van der Waals surface area contributed by atoms with E-state index in [0.717, 1.165) is 10.0 Å². The molecule has 0 unspecified atom stereocenters. The normalized spacial score (nSPS) is 11.4. The van der Waals surface area contributed by atoms with Gasteiger partial charge in [0, 0.05) is 15.7 Å². The third kappa shape index (κ3) is 4.11. The van der Waals surface area contributed by atoms with Gasteiger partial charge in [0.25, 0.3) is 0 Å². The Kier molecular flexibility index (Phi) is 5.25. The van der Waals surface area contributed by atoms with Crippen LogP contribution in [-0.4, -0.2) is 13.4 Å². The van der Waals surface area contributed by atoms with E-state index < -0.39 is 9.84 Å². The highest BCUT2D eigenvalue weighted by molar-refractivity contribution is 9.10. The Morgan fingerprint density at radius 2 is 1.66 bits per heavy atom. The summed E-state index contributed by atoms with van der Waals surface area (Å²) in [5.74, 6) is 0.318. The summed E-state index contributed by atoms with van der Waals surface area (Å²) < 4.78 is 33.3. The van der Waals surface area contributed by atoms with Crippen molar-refractivity contribution in [3.05, 3.63) is 88.9 Å². The van der Waals surface area contributed by atoms with Gasteiger partial charge in [0.1, 0.15) is 0 Å². The fourth-order valence-corrected chi connectivity index (χ4v) is 4.37. The Hall–Kier alpha value is -2.90. The molecule has 0 saturated carbocycles. The number of aromatic nitrogens is 1. The minimum absolute atomic E-state index is 0.0793. The van der Waals surface area contributed by atoms with Crippen LogP contribution in [0.15, 0.2) is 97.7 Å². The van der Waals surface area contributed by atoms with Crippen LogP contribution >= 0.6 is 15.9 Å². The predicted molar refractivity (Wildman–Crippen MR) is 116 cm³/mol. The molecule has 0 radical (unpaired) electrons. The summed E-state index contributed by atoms with van der Waals surface area (Å²) in [6.07, 6.45) is 0. The second-order valence-corrected chi connectivity index (χ2v) is 9.25. The van der Waals surface area contributed by atoms with Crippen molar-refractivity contribution in [2.24, 2.45) is 0 Å². The topological polar surface area (TPSA) is 72.2 Å². The van der Waals surface area contributed by atoms with Crippen molar-refractivity contribution in [1.29, 1.82) is 0 Å². The van der Waals surface area contributed by atoms with Gasteiger partial charge < -0.3 is 9.73 Å². The van der Waals surface area contributed by atoms with Crippen LogP contribution in [0.4, 0.5) is 11.6 Å². The quantitative estimate of drug-likeness (QED) is 0.389. The van der Waals surface area contributed by atoms with E-state index in [1.54, 1.807) is 12.1 Å². The Bertz CT molecular complexity index is 1250. The highest BCUT2D eigenvalue weighted by Gasteiger charge is 2.28. The van der Waals surface area contributed by atoms with Crippen LogP contribution in [0.3, 0.4) is 0 Å². The standard InChI is InChI=1S/C22H17BrN2O3S/c1-15-6-5-7-16(14-15)20-25-22(21(28-20)24-18-8-3-2-4-9-18)29(26,27)19-12-10-17(23)11-13-19/h2-14,24H,1H3. The number of nitrogens with one attached hydrogen (secondary N) is 1. The second-order valence-electron chi connectivity index (χ2n) is 6.47. The zero-order chi connectivity index (χ0) is 20.4. The molecule has 1 N–H and O–H groups in total. The summed E-state index contributed by atoms with van der Waals surface area (Å²) in [7, 11) is -3.89. The molecular weight excluding hydrogens is 452 g/mol. The highest BCUT2D eigenvalue weighted by atomic mass is 79.9. The van der Waals surface area contributed by atoms with Gasteiger partial charge in [-0.2, -0.15) is 4.98 Å². The molecule has 4 rings (SSSR count). The van der Waals surface area contributed by atoms with Gasteiger partial charge in [-0.3, -0.25) is 0 Å². The Morgan fingerprint density at radius 1 is 0.931 bits per heavy atom. The SMILES string of the molecule is Cc1cccc(-c2nc(S(=O)(=O)c3ccc(Br)cc3)c(Nc3ccccc3)o2)c1. The first-order valence-electron chi connectivity index (χ1n) is 8.84. The Labute approximate surface area is 177 Å². The molecule has 0 aliphatic heterocycles. The first-order valence-corrected chi connectivity index (χ1v) is 11.1. The van der Waals surface area contributed by atoms with Gasteiger partial charge in [-0.05, 0) is 55.5 Å². The van der Waals surface area contributed by atoms with Crippen LogP contribution in [0.2, 0.25) is 0 Å². The Morgan fingerprint density at radius 3 is 2.34 bits per heavy atom. The number of sulfone groups is 1. The van der Waals surface area contributed by atoms with Crippen LogP contribution in [0.1, 0.15) is 5.56 Å². The van der Waals surface area contributed by atoms with Crippen LogP contribution < -0.4 is 5.32 Å². The van der Waals surface area contributed by atoms with Crippen molar-refractivity contribution in [3.63, 3.8) is 0 Å². The summed E-state index contributed by atoms with van der Waals surface area (Å²) in [6.45, 7) is 1.95. The number of nitrogens with zero attached hydrogens (tertiary/aromatic N) is 1. The molecule has 0 saturated heterocycles. The molecular formula is C22H17BrN2O3S. The van der Waals surface area contributed by atoms with Gasteiger partial charge in [0.05, 0.1) is 4.90 Å². The average molecular weight is 469 g/mol. The predicted octanol–water partition coefficient (Wildman–Crippen LogP) is 5.99. The maximum atomic E-state index is 13.3. The van der Waals surface area contributed by atoms with Crippen LogP contribution in [-0.2, 0) is 9.84 Å². The highest BCUT2D eigenvalue weighted by Crippen LogP contribution is 2.34. The molecule has 5 nitrogen and oxygen atoms in total. The average Bonchev–Trinajstić information content (AvgIpc) is 3.14. The van der Waals surface area contributed by atoms with Crippen LogP contribution in [0.25, 0.3) is 11.5 Å². The molecule has 0 fully saturated rings. The van der Waals surface area contributed by atoms with Crippen LogP contribution in [0.5, 0.6) is 0 Å². The van der Waals surface area contributed by atoms with Gasteiger partial charge in [-0.15, -0.1) is 0 Å². The lowest BCUT2D eigenvalue weighted by Crippen LogP contribution is -2.05. The summed E-state index contributed by atoms with van der Waals surface area (Å²) in [4.78, 5) is 4.50. The fraction of sp³-hybridized carbons (Fsp3) is 0.0455. The molecule has 0 amide bonds. The second kappa shape index (κ2) is 7.85. The largest absolute Gasteiger partial charge is 0.419 e. The first kappa shape index (κ1) is 19.4. The maximum absolute atomic E-state index is 13.3. The zero-order valence-corrected chi connectivity index (χ0v) is 17.9. The number of rotatable bonds is 5. The summed E-state index contributed by atoms with van der Waals surface area (Å²) >= 11 is 3.33. The van der Waals surface area contributed by atoms with Gasteiger partial charge in [0.2, 0.25) is 26.6 Å². The minimum atomic E-state index is -3.89. The minimum Gasteiger partial charge on any atom is -0.419 e. The number of hydrogen-bond acceptors (Lipinski definition) is 5. The molecule has 1 aromatic heterocycles. The molecule has 0 aliphatic carbocycles. The molecule has 146 valence electrons. The van der Waals surface area contributed by atoms with E-state index in [4.69, 9.17) is 4.42 Å². The maximum Gasteiger partial charge on any atom is 0.238 e. The Balaban J connectivity index is 1.85. The van der Waals surface area contributed by atoms with Crippen molar-refractivity contribution >= 4 is 37.3 Å². The van der Waals surface area contributed by atoms with Gasteiger partial charge in [-0.25, -0.2) is 8.42 Å². The van der Waals surface area contributed by atoms with Gasteiger partial charge >= 0.3 is 0 Å². The third-order valence-corrected chi connectivity index (χ3v) is 6.48. The number of halogens is 1. The molecule has 29 heavy (non-hydrogen) atoms. The van der Waals surface area contributed by atoms with E-state index in [1.807, 2.05) is 61.5 Å². The molecule has 1 heterocycles.